The summed E-state index contributed by atoms with van der Waals surface area (Å²) in [5.74, 6) is -0.849. The van der Waals surface area contributed by atoms with Crippen molar-refractivity contribution in [3.05, 3.63) is 12.2 Å². The number of ether oxygens (including phenoxy) is 2. The van der Waals surface area contributed by atoms with Gasteiger partial charge in [-0.25, -0.2) is 4.57 Å². The van der Waals surface area contributed by atoms with Crippen LogP contribution in [0, 0.1) is 0 Å². The molecule has 0 aliphatic heterocycles. The number of carbonyl (C=O) groups is 2. The third-order valence-electron chi connectivity index (χ3n) is 9.06. The molecular formula is C41H81NO8P+. The Labute approximate surface area is 314 Å². The Morgan fingerprint density at radius 2 is 1.04 bits per heavy atom. The number of esters is 2. The third kappa shape index (κ3) is 38.3. The van der Waals surface area contributed by atoms with E-state index in [1.54, 1.807) is 0 Å². The van der Waals surface area contributed by atoms with E-state index in [9.17, 15) is 19.0 Å². The summed E-state index contributed by atoms with van der Waals surface area (Å²) in [6.07, 6.45) is 34.1. The first kappa shape index (κ1) is 49.8. The summed E-state index contributed by atoms with van der Waals surface area (Å²) in [5.41, 5.74) is 0. The molecule has 0 saturated heterocycles. The average Bonchev–Trinajstić information content (AvgIpc) is 3.07. The molecular weight excluding hydrogens is 665 g/mol. The molecule has 0 aliphatic carbocycles. The number of quaternary nitrogens is 1. The molecule has 9 nitrogen and oxygen atoms in total. The zero-order valence-electron chi connectivity index (χ0n) is 33.9. The predicted octanol–water partition coefficient (Wildman–Crippen LogP) is 11.4. The molecule has 1 N–H and O–H groups in total. The van der Waals surface area contributed by atoms with Crippen LogP contribution in [0.3, 0.4) is 0 Å². The van der Waals surface area contributed by atoms with Gasteiger partial charge in [-0.15, -0.1) is 0 Å². The lowest BCUT2D eigenvalue weighted by molar-refractivity contribution is -0.870. The normalized spacial score (nSPS) is 13.8. The van der Waals surface area contributed by atoms with E-state index in [-0.39, 0.29) is 26.1 Å². The van der Waals surface area contributed by atoms with Gasteiger partial charge in [0.15, 0.2) is 6.10 Å². The van der Waals surface area contributed by atoms with Crippen molar-refractivity contribution in [2.24, 2.45) is 0 Å². The van der Waals surface area contributed by atoms with Crippen LogP contribution >= 0.6 is 7.82 Å². The minimum absolute atomic E-state index is 0.0302. The van der Waals surface area contributed by atoms with Crippen molar-refractivity contribution in [2.75, 3.05) is 47.5 Å². The molecule has 0 radical (unpaired) electrons. The van der Waals surface area contributed by atoms with Gasteiger partial charge in [0.2, 0.25) is 0 Å². The lowest BCUT2D eigenvalue weighted by Crippen LogP contribution is -2.37. The number of nitrogens with zero attached hydrogens (tertiary/aromatic N) is 1. The minimum atomic E-state index is -4.37. The second kappa shape index (κ2) is 34.5. The van der Waals surface area contributed by atoms with Gasteiger partial charge in [-0.2, -0.15) is 0 Å². The monoisotopic (exact) mass is 747 g/mol. The number of likely N-dealkylation sites (N-methyl/N-ethyl adjacent to an activating group) is 1. The summed E-state index contributed by atoms with van der Waals surface area (Å²) < 4.78 is 34.2. The van der Waals surface area contributed by atoms with Crippen molar-refractivity contribution in [1.29, 1.82) is 0 Å². The molecule has 0 aromatic carbocycles. The topological polar surface area (TPSA) is 108 Å². The second-order valence-corrected chi connectivity index (χ2v) is 16.8. The van der Waals surface area contributed by atoms with Crippen LogP contribution in [0.4, 0.5) is 0 Å². The number of allylic oxidation sites excluding steroid dienone is 2. The highest BCUT2D eigenvalue weighted by atomic mass is 31.2. The van der Waals surface area contributed by atoms with E-state index in [2.05, 4.69) is 19.9 Å². The van der Waals surface area contributed by atoms with Gasteiger partial charge in [0.1, 0.15) is 19.8 Å². The number of hydrogen-bond donors (Lipinski definition) is 1. The smallest absolute Gasteiger partial charge is 0.462 e. The van der Waals surface area contributed by atoms with Gasteiger partial charge in [-0.3, -0.25) is 18.6 Å². The van der Waals surface area contributed by atoms with Gasteiger partial charge in [0.05, 0.1) is 27.7 Å². The summed E-state index contributed by atoms with van der Waals surface area (Å²) >= 11 is 0. The van der Waals surface area contributed by atoms with Gasteiger partial charge < -0.3 is 18.9 Å². The quantitative estimate of drug-likeness (QED) is 0.0219. The molecule has 0 fully saturated rings. The maximum atomic E-state index is 12.6. The summed E-state index contributed by atoms with van der Waals surface area (Å²) in [5, 5.41) is 0. The first-order valence-corrected chi connectivity index (χ1v) is 22.4. The molecule has 0 spiro atoms. The molecule has 0 amide bonds. The highest BCUT2D eigenvalue weighted by molar-refractivity contribution is 7.47. The van der Waals surface area contributed by atoms with Crippen LogP contribution in [-0.2, 0) is 32.7 Å². The van der Waals surface area contributed by atoms with Crippen molar-refractivity contribution < 1.29 is 42.1 Å². The van der Waals surface area contributed by atoms with Crippen molar-refractivity contribution >= 4 is 19.8 Å². The number of phosphoric ester groups is 1. The molecule has 0 saturated carbocycles. The maximum Gasteiger partial charge on any atom is 0.472 e. The second-order valence-electron chi connectivity index (χ2n) is 15.4. The van der Waals surface area contributed by atoms with Crippen molar-refractivity contribution in [2.45, 2.75) is 193 Å². The Morgan fingerprint density at radius 3 is 1.53 bits per heavy atom. The minimum Gasteiger partial charge on any atom is -0.462 e. The van der Waals surface area contributed by atoms with E-state index in [1.807, 2.05) is 27.2 Å². The van der Waals surface area contributed by atoms with Crippen molar-refractivity contribution in [3.63, 3.8) is 0 Å². The van der Waals surface area contributed by atoms with Gasteiger partial charge >= 0.3 is 19.8 Å². The number of phosphoric acid groups is 1. The van der Waals surface area contributed by atoms with Gasteiger partial charge in [-0.1, -0.05) is 161 Å². The van der Waals surface area contributed by atoms with E-state index < -0.39 is 32.5 Å². The predicted molar refractivity (Wildman–Crippen MR) is 211 cm³/mol. The molecule has 0 aromatic rings. The van der Waals surface area contributed by atoms with E-state index in [0.717, 1.165) is 25.7 Å². The fraction of sp³-hybridized carbons (Fsp3) is 0.902. The van der Waals surface area contributed by atoms with Gasteiger partial charge in [0, 0.05) is 12.8 Å². The third-order valence-corrected chi connectivity index (χ3v) is 10.0. The van der Waals surface area contributed by atoms with Crippen LogP contribution in [0.15, 0.2) is 12.2 Å². The first-order valence-electron chi connectivity index (χ1n) is 20.9. The molecule has 0 rings (SSSR count). The number of rotatable bonds is 38. The number of hydrogen-bond acceptors (Lipinski definition) is 7. The van der Waals surface area contributed by atoms with Crippen LogP contribution in [0.25, 0.3) is 0 Å². The van der Waals surface area contributed by atoms with E-state index in [1.165, 1.54) is 122 Å². The standard InChI is InChI=1S/C41H80NO8P/c1-6-8-10-12-14-16-18-20-21-22-24-25-27-29-31-33-40(43)47-37-39(38-49-51(45,46)48-36-35-42(3,4)5)50-41(44)34-32-30-28-26-23-19-17-15-13-11-9-7-2/h27,29,39H,6-26,28,30-38H2,1-5H3/p+1/b29-27+/t39-/m1/s1. The average molecular weight is 747 g/mol. The molecule has 10 heteroatoms. The molecule has 51 heavy (non-hydrogen) atoms. The molecule has 2 atom stereocenters. The maximum absolute atomic E-state index is 12.6. The molecule has 1 unspecified atom stereocenters. The van der Waals surface area contributed by atoms with Crippen molar-refractivity contribution in [1.82, 2.24) is 0 Å². The molecule has 0 aromatic heterocycles. The Balaban J connectivity index is 4.40. The number of carbonyl (C=O) groups excluding carboxylic acids is 2. The lowest BCUT2D eigenvalue weighted by Gasteiger charge is -2.24. The first-order chi connectivity index (χ1) is 24.5. The van der Waals surface area contributed by atoms with E-state index in [0.29, 0.717) is 23.9 Å². The fourth-order valence-electron chi connectivity index (χ4n) is 5.74. The van der Waals surface area contributed by atoms with Crippen molar-refractivity contribution in [3.8, 4) is 0 Å². The van der Waals surface area contributed by atoms with Crippen LogP contribution in [0.5, 0.6) is 0 Å². The fourth-order valence-corrected chi connectivity index (χ4v) is 6.48. The van der Waals surface area contributed by atoms with Gasteiger partial charge in [0.25, 0.3) is 0 Å². The summed E-state index contributed by atoms with van der Waals surface area (Å²) in [6.45, 7) is 4.39. The molecule has 0 heterocycles. The molecule has 0 bridgehead atoms. The largest absolute Gasteiger partial charge is 0.472 e. The Hall–Kier alpha value is -1.25. The Bertz CT molecular complexity index is 891. The van der Waals surface area contributed by atoms with E-state index in [4.69, 9.17) is 18.5 Å². The zero-order chi connectivity index (χ0) is 37.9. The highest BCUT2D eigenvalue weighted by Gasteiger charge is 2.27. The Morgan fingerprint density at radius 1 is 0.588 bits per heavy atom. The summed E-state index contributed by atoms with van der Waals surface area (Å²) in [7, 11) is 1.47. The summed E-state index contributed by atoms with van der Waals surface area (Å²) in [6, 6.07) is 0. The molecule has 302 valence electrons. The van der Waals surface area contributed by atoms with Crippen LogP contribution in [-0.4, -0.2) is 74.9 Å². The Kier molecular flexibility index (Phi) is 33.7. The van der Waals surface area contributed by atoms with Crippen LogP contribution in [0.1, 0.15) is 187 Å². The highest BCUT2D eigenvalue weighted by Crippen LogP contribution is 2.43. The zero-order valence-corrected chi connectivity index (χ0v) is 34.7. The van der Waals surface area contributed by atoms with Crippen LogP contribution < -0.4 is 0 Å². The number of unbranched alkanes of at least 4 members (excludes halogenated alkanes) is 22. The summed E-state index contributed by atoms with van der Waals surface area (Å²) in [4.78, 5) is 35.2. The lowest BCUT2D eigenvalue weighted by atomic mass is 10.0. The van der Waals surface area contributed by atoms with Crippen LogP contribution in [0.2, 0.25) is 0 Å². The molecule has 0 aliphatic rings. The van der Waals surface area contributed by atoms with Gasteiger partial charge in [-0.05, 0) is 25.7 Å². The van der Waals surface area contributed by atoms with E-state index >= 15 is 0 Å². The SMILES string of the molecule is CCCCCCCCCCCCC/C=C/CCC(=O)OC[C@H](COP(=O)(O)OCC[N+](C)(C)C)OC(=O)CCCCCCCCCCCCCC.